The zero-order valence-corrected chi connectivity index (χ0v) is 43.9. The van der Waals surface area contributed by atoms with E-state index in [1.54, 1.807) is 19.9 Å². The Bertz CT molecular complexity index is 2600. The van der Waals surface area contributed by atoms with Crippen molar-refractivity contribution in [2.45, 2.75) is 148 Å². The van der Waals surface area contributed by atoms with Crippen molar-refractivity contribution in [2.75, 3.05) is 19.8 Å². The molecule has 2 aliphatic heterocycles. The lowest BCUT2D eigenvalue weighted by Crippen LogP contribution is -2.68. The minimum atomic E-state index is -4.25. The van der Waals surface area contributed by atoms with Gasteiger partial charge in [-0.05, 0) is 79.3 Å². The number of nitrogens with two attached hydrogens (primary N) is 1. The molecule has 2 fully saturated rings. The number of ether oxygens (including phenoxy) is 2. The van der Waals surface area contributed by atoms with Gasteiger partial charge in [0.05, 0.1) is 12.7 Å². The van der Waals surface area contributed by atoms with Crippen LogP contribution < -0.4 is 38.6 Å². The lowest BCUT2D eigenvalue weighted by atomic mass is 10.2. The molecule has 2 aliphatic rings. The molecule has 0 radical (unpaired) electrons. The van der Waals surface area contributed by atoms with Crippen LogP contribution in [0.1, 0.15) is 97.2 Å². The molecule has 6 rings (SSSR count). The summed E-state index contributed by atoms with van der Waals surface area (Å²) in [5.74, 6) is 1.37. The van der Waals surface area contributed by atoms with Gasteiger partial charge in [0, 0.05) is 42.2 Å². The number of hydrogen-bond acceptors (Lipinski definition) is 13. The first-order chi connectivity index (χ1) is 32.0. The van der Waals surface area contributed by atoms with E-state index in [1.807, 2.05) is 49.5 Å². The van der Waals surface area contributed by atoms with Crippen molar-refractivity contribution in [1.82, 2.24) is 19.1 Å². The molecule has 7 atom stereocenters. The maximum atomic E-state index is 15.4. The number of aromatic nitrogens is 4. The standard InChI is InChI=1S/C48H70N5O12PSi2/c1-33-30-52(45(56)50-43(33)54)41-28-38(40(62-41)32-59-65-67(9,10)47(3,4)5)63-66(58,60-26-19-13-18-25-49)27-24-37-39(29-42(61-37)53-31-34(2)44(55)51-46(53)57)64-68(48(6,7)8,35-20-14-11-15-21-35)36-22-16-12-17-23-36/h11-12,14-17,20-24,27,30-31,37-42H,13,18-19,25-26,28-29,32,49H2,1-10H3,(H,50,54,56)(H,51,55,57)/b27-24+/t37-,38+,39+,40-,41-,42-,66?/m1/s1. The zero-order valence-electron chi connectivity index (χ0n) is 41.0. The second-order valence-corrected chi connectivity index (χ2v) is 31.1. The quantitative estimate of drug-likeness (QED) is 0.0287. The van der Waals surface area contributed by atoms with Crippen LogP contribution in [0.3, 0.4) is 0 Å². The van der Waals surface area contributed by atoms with E-state index in [4.69, 9.17) is 38.1 Å². The topological polar surface area (TPSA) is 217 Å². The van der Waals surface area contributed by atoms with Gasteiger partial charge in [-0.25, -0.2) is 14.5 Å². The number of benzene rings is 2. The van der Waals surface area contributed by atoms with Crippen LogP contribution in [0.5, 0.6) is 0 Å². The van der Waals surface area contributed by atoms with Gasteiger partial charge in [-0.3, -0.25) is 42.4 Å². The monoisotopic (exact) mass is 995 g/mol. The van der Waals surface area contributed by atoms with Crippen LogP contribution in [0.2, 0.25) is 23.2 Å². The lowest BCUT2D eigenvalue weighted by molar-refractivity contribution is -0.245. The van der Waals surface area contributed by atoms with E-state index >= 15 is 4.57 Å². The highest BCUT2D eigenvalue weighted by atomic mass is 31.2. The highest BCUT2D eigenvalue weighted by Gasteiger charge is 2.54. The summed E-state index contributed by atoms with van der Waals surface area (Å²) in [6, 6.07) is 20.2. The van der Waals surface area contributed by atoms with Crippen molar-refractivity contribution < 1.29 is 37.0 Å². The summed E-state index contributed by atoms with van der Waals surface area (Å²) in [6.07, 6.45) is 1.40. The van der Waals surface area contributed by atoms with E-state index in [0.29, 0.717) is 24.1 Å². The number of unbranched alkanes of at least 4 members (excludes halogenated alkanes) is 2. The minimum absolute atomic E-state index is 0.0317. The Kier molecular flexibility index (Phi) is 17.1. The fourth-order valence-electron chi connectivity index (χ4n) is 8.25. The predicted molar refractivity (Wildman–Crippen MR) is 266 cm³/mol. The summed E-state index contributed by atoms with van der Waals surface area (Å²) in [5, 5.41) is 1.44. The number of nitrogens with zero attached hydrogens (tertiary/aromatic N) is 2. The Balaban J connectivity index is 1.41. The molecule has 2 saturated heterocycles. The summed E-state index contributed by atoms with van der Waals surface area (Å²) in [7, 11) is -9.90. The third-order valence-electron chi connectivity index (χ3n) is 13.1. The summed E-state index contributed by atoms with van der Waals surface area (Å²) in [6.45, 7) is 20.4. The van der Waals surface area contributed by atoms with Crippen LogP contribution in [0.25, 0.3) is 0 Å². The van der Waals surface area contributed by atoms with E-state index in [9.17, 15) is 19.2 Å². The smallest absolute Gasteiger partial charge is 0.354 e. The average molecular weight is 996 g/mol. The normalized spacial score (nSPS) is 22.5. The third kappa shape index (κ3) is 12.2. The molecule has 2 aromatic carbocycles. The van der Waals surface area contributed by atoms with Gasteiger partial charge < -0.3 is 24.2 Å². The van der Waals surface area contributed by atoms with Crippen LogP contribution in [-0.4, -0.2) is 79.9 Å². The first-order valence-electron chi connectivity index (χ1n) is 23.4. The van der Waals surface area contributed by atoms with Crippen LogP contribution in [-0.2, 0) is 37.0 Å². The van der Waals surface area contributed by atoms with Gasteiger partial charge in [0.25, 0.3) is 19.4 Å². The number of aryl methyl sites for hydroxylation is 2. The largest absolute Gasteiger partial charge is 0.401 e. The molecule has 4 heterocycles. The molecular formula is C48H70N5O12PSi2. The Morgan fingerprint density at radius 3 is 1.81 bits per heavy atom. The van der Waals surface area contributed by atoms with E-state index in [1.165, 1.54) is 27.3 Å². The van der Waals surface area contributed by atoms with Crippen LogP contribution in [0.4, 0.5) is 0 Å². The molecular weight excluding hydrogens is 926 g/mol. The summed E-state index contributed by atoms with van der Waals surface area (Å²) >= 11 is 0. The van der Waals surface area contributed by atoms with Crippen molar-refractivity contribution in [1.29, 1.82) is 0 Å². The fraction of sp³-hybridized carbons (Fsp3) is 0.542. The highest BCUT2D eigenvalue weighted by Crippen LogP contribution is 2.54. The van der Waals surface area contributed by atoms with Gasteiger partial charge in [-0.15, -0.1) is 0 Å². The Morgan fingerprint density at radius 2 is 1.29 bits per heavy atom. The summed E-state index contributed by atoms with van der Waals surface area (Å²) in [4.78, 5) is 62.0. The van der Waals surface area contributed by atoms with Crippen LogP contribution in [0, 0.1) is 13.8 Å². The zero-order chi connectivity index (χ0) is 49.7. The summed E-state index contributed by atoms with van der Waals surface area (Å²) in [5.41, 5.74) is 4.05. The van der Waals surface area contributed by atoms with Crippen molar-refractivity contribution in [2.24, 2.45) is 5.73 Å². The SMILES string of the molecule is Cc1cn([C@H]2C[C@H](O[Si](c3ccccc3)(c3ccccc3)C(C)(C)C)[C@@H](/C=C/P(=O)(OCCCCCN)O[C@H]3C[C@H](n4cc(C)c(=O)[nH]c4=O)O[C@@H]3COO[Si](C)(C)C(C)(C)C)O2)c(=O)[nH]c1=O. The Labute approximate surface area is 400 Å². The first kappa shape index (κ1) is 53.2. The number of nitrogens with one attached hydrogen (secondary N) is 2. The molecule has 0 bridgehead atoms. The van der Waals surface area contributed by atoms with Crippen LogP contribution in [0.15, 0.2) is 104 Å². The number of H-pyrrole nitrogens is 2. The molecule has 20 heteroatoms. The molecule has 4 N–H and O–H groups in total. The maximum absolute atomic E-state index is 15.4. The second-order valence-electron chi connectivity index (χ2n) is 20.3. The summed E-state index contributed by atoms with van der Waals surface area (Å²) < 4.78 is 57.6. The molecule has 68 heavy (non-hydrogen) atoms. The molecule has 372 valence electrons. The molecule has 1 unspecified atom stereocenters. The fourth-order valence-corrected chi connectivity index (χ4v) is 15.1. The molecule has 0 aliphatic carbocycles. The predicted octanol–water partition coefficient (Wildman–Crippen LogP) is 6.41. The van der Waals surface area contributed by atoms with E-state index in [0.717, 1.165) is 23.2 Å². The number of aromatic amines is 2. The maximum Gasteiger partial charge on any atom is 0.354 e. The van der Waals surface area contributed by atoms with Gasteiger partial charge in [-0.1, -0.05) is 102 Å². The number of hydrogen-bond donors (Lipinski definition) is 3. The molecule has 2 aromatic heterocycles. The molecule has 0 amide bonds. The van der Waals surface area contributed by atoms with Gasteiger partial charge in [0.2, 0.25) is 8.32 Å². The van der Waals surface area contributed by atoms with Crippen molar-refractivity contribution in [3.8, 4) is 0 Å². The van der Waals surface area contributed by atoms with E-state index in [-0.39, 0.29) is 31.1 Å². The third-order valence-corrected chi connectivity index (χ3v) is 24.0. The van der Waals surface area contributed by atoms with E-state index in [2.05, 4.69) is 75.8 Å². The van der Waals surface area contributed by atoms with Crippen LogP contribution >= 0.6 is 7.60 Å². The average Bonchev–Trinajstić information content (AvgIpc) is 3.87. The Morgan fingerprint density at radius 1 is 0.765 bits per heavy atom. The second kappa shape index (κ2) is 21.9. The Hall–Kier alpha value is -4.12. The van der Waals surface area contributed by atoms with Crippen molar-refractivity contribution in [3.05, 3.63) is 138 Å². The van der Waals surface area contributed by atoms with E-state index < -0.39 is 88.6 Å². The van der Waals surface area contributed by atoms with Gasteiger partial charge in [0.15, 0.2) is 0 Å². The lowest BCUT2D eigenvalue weighted by Gasteiger charge is -2.45. The highest BCUT2D eigenvalue weighted by molar-refractivity contribution is 7.57. The van der Waals surface area contributed by atoms with Crippen molar-refractivity contribution >= 4 is 34.6 Å². The van der Waals surface area contributed by atoms with Gasteiger partial charge in [0.1, 0.15) is 37.4 Å². The molecule has 17 nitrogen and oxygen atoms in total. The number of rotatable bonds is 20. The first-order valence-corrected chi connectivity index (χ1v) is 29.8. The van der Waals surface area contributed by atoms with Gasteiger partial charge in [-0.2, -0.15) is 0 Å². The molecule has 0 saturated carbocycles. The molecule has 4 aromatic rings. The van der Waals surface area contributed by atoms with Crippen molar-refractivity contribution in [3.63, 3.8) is 0 Å². The minimum Gasteiger partial charge on any atom is -0.401 e. The van der Waals surface area contributed by atoms with Gasteiger partial charge >= 0.3 is 19.0 Å². The molecule has 0 spiro atoms.